The Morgan fingerprint density at radius 3 is 2.38 bits per heavy atom. The van der Waals surface area contributed by atoms with Gasteiger partial charge in [0.05, 0.1) is 12.6 Å². The molecule has 24 heavy (non-hydrogen) atoms. The van der Waals surface area contributed by atoms with Crippen molar-refractivity contribution in [3.63, 3.8) is 0 Å². The van der Waals surface area contributed by atoms with E-state index in [4.69, 9.17) is 27.6 Å². The lowest BCUT2D eigenvalue weighted by Gasteiger charge is -2.11. The number of halogens is 2. The van der Waals surface area contributed by atoms with Crippen molar-refractivity contribution in [1.82, 2.24) is 5.32 Å². The van der Waals surface area contributed by atoms with Gasteiger partial charge in [0, 0.05) is 22.2 Å². The van der Waals surface area contributed by atoms with Gasteiger partial charge in [-0.15, -0.1) is 0 Å². The second-order valence-corrected chi connectivity index (χ2v) is 6.35. The summed E-state index contributed by atoms with van der Waals surface area (Å²) < 4.78 is 5.81. The number of aliphatic hydroxyl groups excluding tert-OH is 1. The summed E-state index contributed by atoms with van der Waals surface area (Å²) in [6.07, 6.45) is -0.549. The second kappa shape index (κ2) is 7.86. The molecular weight excluding hydrogens is 345 g/mol. The minimum atomic E-state index is -0.549. The number of aliphatic hydroxyl groups is 1. The molecular formula is C19H17Cl2NO2. The number of hydrogen-bond acceptors (Lipinski definition) is 3. The van der Waals surface area contributed by atoms with Gasteiger partial charge in [-0.2, -0.15) is 0 Å². The lowest BCUT2D eigenvalue weighted by Crippen LogP contribution is -2.20. The molecule has 0 aliphatic rings. The lowest BCUT2D eigenvalue weighted by atomic mass is 10.1. The predicted octanol–water partition coefficient (Wildman–Crippen LogP) is 5.08. The zero-order valence-corrected chi connectivity index (χ0v) is 14.4. The lowest BCUT2D eigenvalue weighted by molar-refractivity contribution is 0.173. The van der Waals surface area contributed by atoms with E-state index in [1.165, 1.54) is 0 Å². The number of nitrogens with one attached hydrogen (secondary N) is 1. The summed E-state index contributed by atoms with van der Waals surface area (Å²) in [6, 6.07) is 18.6. The van der Waals surface area contributed by atoms with Crippen LogP contribution in [0.2, 0.25) is 10.0 Å². The van der Waals surface area contributed by atoms with Crippen LogP contribution in [-0.2, 0) is 6.54 Å². The Balaban J connectivity index is 1.58. The molecule has 5 heteroatoms. The van der Waals surface area contributed by atoms with Crippen molar-refractivity contribution in [2.45, 2.75) is 12.6 Å². The molecule has 3 nitrogen and oxygen atoms in total. The summed E-state index contributed by atoms with van der Waals surface area (Å²) in [5, 5.41) is 14.5. The van der Waals surface area contributed by atoms with Crippen LogP contribution in [0.5, 0.6) is 0 Å². The first-order valence-corrected chi connectivity index (χ1v) is 8.36. The zero-order chi connectivity index (χ0) is 16.9. The van der Waals surface area contributed by atoms with Gasteiger partial charge in [-0.25, -0.2) is 0 Å². The van der Waals surface area contributed by atoms with Crippen molar-refractivity contribution in [3.05, 3.63) is 82.0 Å². The van der Waals surface area contributed by atoms with Gasteiger partial charge >= 0.3 is 0 Å². The quantitative estimate of drug-likeness (QED) is 0.643. The SMILES string of the molecule is O[C@H](CNCc1ccc(-c2cc(Cl)cc(Cl)c2)o1)c1ccccc1. The van der Waals surface area contributed by atoms with Gasteiger partial charge in [-0.1, -0.05) is 53.5 Å². The molecule has 0 spiro atoms. The topological polar surface area (TPSA) is 45.4 Å². The molecule has 0 fully saturated rings. The van der Waals surface area contributed by atoms with E-state index in [2.05, 4.69) is 5.32 Å². The number of furan rings is 1. The van der Waals surface area contributed by atoms with Gasteiger partial charge in [-0.3, -0.25) is 0 Å². The smallest absolute Gasteiger partial charge is 0.134 e. The summed E-state index contributed by atoms with van der Waals surface area (Å²) in [5.74, 6) is 1.49. The highest BCUT2D eigenvalue weighted by molar-refractivity contribution is 6.35. The predicted molar refractivity (Wildman–Crippen MR) is 97.3 cm³/mol. The van der Waals surface area contributed by atoms with Gasteiger partial charge in [0.2, 0.25) is 0 Å². The van der Waals surface area contributed by atoms with Crippen LogP contribution < -0.4 is 5.32 Å². The van der Waals surface area contributed by atoms with Crippen LogP contribution in [-0.4, -0.2) is 11.7 Å². The third kappa shape index (κ3) is 4.40. The monoisotopic (exact) mass is 361 g/mol. The third-order valence-corrected chi connectivity index (χ3v) is 4.07. The van der Waals surface area contributed by atoms with Crippen LogP contribution >= 0.6 is 23.2 Å². The molecule has 1 heterocycles. The molecule has 0 saturated heterocycles. The molecule has 3 aromatic rings. The van der Waals surface area contributed by atoms with E-state index in [-0.39, 0.29) is 0 Å². The van der Waals surface area contributed by atoms with Crippen molar-refractivity contribution in [2.75, 3.05) is 6.54 Å². The third-order valence-electron chi connectivity index (χ3n) is 3.63. The van der Waals surface area contributed by atoms with Gasteiger partial charge in [0.15, 0.2) is 0 Å². The highest BCUT2D eigenvalue weighted by Gasteiger charge is 2.09. The molecule has 1 atom stereocenters. The van der Waals surface area contributed by atoms with Crippen LogP contribution in [0.3, 0.4) is 0 Å². The molecule has 0 radical (unpaired) electrons. The first-order chi connectivity index (χ1) is 11.6. The van der Waals surface area contributed by atoms with Crippen LogP contribution in [0.15, 0.2) is 65.1 Å². The average molecular weight is 362 g/mol. The molecule has 0 amide bonds. The zero-order valence-electron chi connectivity index (χ0n) is 12.9. The average Bonchev–Trinajstić information content (AvgIpc) is 3.04. The van der Waals surface area contributed by atoms with E-state index in [1.54, 1.807) is 6.07 Å². The van der Waals surface area contributed by atoms with Crippen LogP contribution in [0.1, 0.15) is 17.4 Å². The van der Waals surface area contributed by atoms with E-state index >= 15 is 0 Å². The number of benzene rings is 2. The van der Waals surface area contributed by atoms with E-state index in [0.717, 1.165) is 16.9 Å². The standard InChI is InChI=1S/C19H17Cl2NO2/c20-15-8-14(9-16(21)10-15)19-7-6-17(24-19)11-22-12-18(23)13-4-2-1-3-5-13/h1-10,18,22-23H,11-12H2/t18-/m1/s1. The first kappa shape index (κ1) is 17.1. The minimum absolute atomic E-state index is 0.447. The van der Waals surface area contributed by atoms with Gasteiger partial charge in [-0.05, 0) is 35.9 Å². The summed E-state index contributed by atoms with van der Waals surface area (Å²) in [5.41, 5.74) is 1.72. The molecule has 2 N–H and O–H groups in total. The highest BCUT2D eigenvalue weighted by Crippen LogP contribution is 2.28. The molecule has 0 unspecified atom stereocenters. The Hall–Kier alpha value is -1.78. The van der Waals surface area contributed by atoms with Crippen LogP contribution in [0.4, 0.5) is 0 Å². The Morgan fingerprint density at radius 1 is 0.958 bits per heavy atom. The summed E-state index contributed by atoms with van der Waals surface area (Å²) in [4.78, 5) is 0. The Kier molecular flexibility index (Phi) is 5.59. The first-order valence-electron chi connectivity index (χ1n) is 7.61. The minimum Gasteiger partial charge on any atom is -0.460 e. The van der Waals surface area contributed by atoms with Crippen molar-refractivity contribution in [2.24, 2.45) is 0 Å². The molecule has 1 aromatic heterocycles. The number of rotatable bonds is 6. The highest BCUT2D eigenvalue weighted by atomic mass is 35.5. The van der Waals surface area contributed by atoms with Gasteiger partial charge < -0.3 is 14.8 Å². The second-order valence-electron chi connectivity index (χ2n) is 5.48. The molecule has 2 aromatic carbocycles. The van der Waals surface area contributed by atoms with Crippen molar-refractivity contribution < 1.29 is 9.52 Å². The molecule has 0 saturated carbocycles. The van der Waals surface area contributed by atoms with Crippen molar-refractivity contribution in [1.29, 1.82) is 0 Å². The maximum absolute atomic E-state index is 10.1. The largest absolute Gasteiger partial charge is 0.460 e. The fourth-order valence-electron chi connectivity index (χ4n) is 2.45. The normalized spacial score (nSPS) is 12.3. The van der Waals surface area contributed by atoms with Crippen LogP contribution in [0.25, 0.3) is 11.3 Å². The van der Waals surface area contributed by atoms with Gasteiger partial charge in [0.25, 0.3) is 0 Å². The number of hydrogen-bond donors (Lipinski definition) is 2. The van der Waals surface area contributed by atoms with Gasteiger partial charge in [0.1, 0.15) is 11.5 Å². The van der Waals surface area contributed by atoms with E-state index in [0.29, 0.717) is 28.9 Å². The van der Waals surface area contributed by atoms with Crippen molar-refractivity contribution >= 4 is 23.2 Å². The van der Waals surface area contributed by atoms with Crippen LogP contribution in [0, 0.1) is 0 Å². The summed E-state index contributed by atoms with van der Waals surface area (Å²) in [7, 11) is 0. The molecule has 0 bridgehead atoms. The van der Waals surface area contributed by atoms with E-state index in [9.17, 15) is 5.11 Å². The van der Waals surface area contributed by atoms with E-state index in [1.807, 2.05) is 54.6 Å². The molecule has 3 rings (SSSR count). The molecule has 0 aliphatic carbocycles. The fourth-order valence-corrected chi connectivity index (χ4v) is 2.98. The maximum Gasteiger partial charge on any atom is 0.134 e. The maximum atomic E-state index is 10.1. The molecule has 124 valence electrons. The molecule has 0 aliphatic heterocycles. The van der Waals surface area contributed by atoms with E-state index < -0.39 is 6.10 Å². The Labute approximate surface area is 150 Å². The Morgan fingerprint density at radius 2 is 1.67 bits per heavy atom. The Bertz CT molecular complexity index is 782. The fraction of sp³-hybridized carbons (Fsp3) is 0.158. The summed E-state index contributed by atoms with van der Waals surface area (Å²) >= 11 is 12.0. The van der Waals surface area contributed by atoms with Crippen molar-refractivity contribution in [3.8, 4) is 11.3 Å². The summed E-state index contributed by atoms with van der Waals surface area (Å²) in [6.45, 7) is 0.973.